The van der Waals surface area contributed by atoms with Crippen LogP contribution < -0.4 is 15.4 Å². The number of hydrogen-bond acceptors (Lipinski definition) is 2. The normalized spacial score (nSPS) is 10.2. The van der Waals surface area contributed by atoms with Gasteiger partial charge in [-0.05, 0) is 43.0 Å². The standard InChI is InChI=1S/C19H24N2O2/c1-3-15-9-5-7-11-17(15)21-19(22)20-14-13-16-10-6-8-12-18(16)23-4-2/h5-12H,3-4,13-14H2,1-2H3,(H2,20,21,22). The van der Waals surface area contributed by atoms with Crippen LogP contribution in [-0.4, -0.2) is 19.2 Å². The number of amides is 2. The van der Waals surface area contributed by atoms with Crippen LogP contribution >= 0.6 is 0 Å². The van der Waals surface area contributed by atoms with Crippen molar-refractivity contribution >= 4 is 11.7 Å². The topological polar surface area (TPSA) is 50.4 Å². The second-order valence-electron chi connectivity index (χ2n) is 5.18. The Kier molecular flexibility index (Phi) is 6.48. The Balaban J connectivity index is 1.85. The zero-order valence-corrected chi connectivity index (χ0v) is 13.8. The monoisotopic (exact) mass is 312 g/mol. The Bertz CT molecular complexity index is 641. The van der Waals surface area contributed by atoms with Crippen molar-refractivity contribution in [1.82, 2.24) is 5.32 Å². The second-order valence-corrected chi connectivity index (χ2v) is 5.18. The van der Waals surface area contributed by atoms with E-state index in [4.69, 9.17) is 4.74 Å². The Hall–Kier alpha value is -2.49. The van der Waals surface area contributed by atoms with E-state index in [0.717, 1.165) is 35.4 Å². The number of nitrogens with one attached hydrogen (secondary N) is 2. The van der Waals surface area contributed by atoms with E-state index < -0.39 is 0 Å². The van der Waals surface area contributed by atoms with Gasteiger partial charge >= 0.3 is 6.03 Å². The third-order valence-electron chi connectivity index (χ3n) is 3.60. The van der Waals surface area contributed by atoms with Crippen molar-refractivity contribution < 1.29 is 9.53 Å². The summed E-state index contributed by atoms with van der Waals surface area (Å²) in [5, 5.41) is 5.80. The van der Waals surface area contributed by atoms with Crippen molar-refractivity contribution in [1.29, 1.82) is 0 Å². The Morgan fingerprint density at radius 2 is 1.70 bits per heavy atom. The molecule has 2 rings (SSSR count). The lowest BCUT2D eigenvalue weighted by Gasteiger charge is -2.12. The summed E-state index contributed by atoms with van der Waals surface area (Å²) in [6.07, 6.45) is 1.62. The number of urea groups is 1. The van der Waals surface area contributed by atoms with Gasteiger partial charge in [0, 0.05) is 12.2 Å². The third-order valence-corrected chi connectivity index (χ3v) is 3.60. The fourth-order valence-electron chi connectivity index (χ4n) is 2.43. The molecule has 0 saturated heterocycles. The van der Waals surface area contributed by atoms with E-state index in [1.54, 1.807) is 0 Å². The van der Waals surface area contributed by atoms with Crippen LogP contribution in [0.3, 0.4) is 0 Å². The van der Waals surface area contributed by atoms with Gasteiger partial charge in [0.15, 0.2) is 0 Å². The quantitative estimate of drug-likeness (QED) is 0.811. The molecule has 0 saturated carbocycles. The lowest BCUT2D eigenvalue weighted by Crippen LogP contribution is -2.30. The molecule has 0 aliphatic carbocycles. The van der Waals surface area contributed by atoms with Gasteiger partial charge in [0.1, 0.15) is 5.75 Å². The highest BCUT2D eigenvalue weighted by atomic mass is 16.5. The van der Waals surface area contributed by atoms with Crippen molar-refractivity contribution in [2.45, 2.75) is 26.7 Å². The molecule has 0 radical (unpaired) electrons. The van der Waals surface area contributed by atoms with Gasteiger partial charge < -0.3 is 15.4 Å². The van der Waals surface area contributed by atoms with Crippen LogP contribution in [-0.2, 0) is 12.8 Å². The van der Waals surface area contributed by atoms with Crippen LogP contribution in [0.2, 0.25) is 0 Å². The summed E-state index contributed by atoms with van der Waals surface area (Å²) < 4.78 is 5.59. The lowest BCUT2D eigenvalue weighted by atomic mass is 10.1. The number of hydrogen-bond donors (Lipinski definition) is 2. The number of rotatable bonds is 7. The maximum absolute atomic E-state index is 12.0. The first kappa shape index (κ1) is 16.9. The number of benzene rings is 2. The van der Waals surface area contributed by atoms with Crippen molar-refractivity contribution in [2.75, 3.05) is 18.5 Å². The summed E-state index contributed by atoms with van der Waals surface area (Å²) in [4.78, 5) is 12.0. The number of ether oxygens (including phenoxy) is 1. The minimum Gasteiger partial charge on any atom is -0.494 e. The molecule has 4 heteroatoms. The van der Waals surface area contributed by atoms with Gasteiger partial charge in [0.05, 0.1) is 6.61 Å². The van der Waals surface area contributed by atoms with Crippen LogP contribution in [0.1, 0.15) is 25.0 Å². The van der Waals surface area contributed by atoms with E-state index in [-0.39, 0.29) is 6.03 Å². The number of carbonyl (C=O) groups is 1. The number of carbonyl (C=O) groups excluding carboxylic acids is 1. The van der Waals surface area contributed by atoms with Crippen LogP contribution in [0.5, 0.6) is 5.75 Å². The molecule has 23 heavy (non-hydrogen) atoms. The van der Waals surface area contributed by atoms with Gasteiger partial charge in [-0.3, -0.25) is 0 Å². The van der Waals surface area contributed by atoms with Gasteiger partial charge in [-0.25, -0.2) is 4.79 Å². The van der Waals surface area contributed by atoms with Crippen LogP contribution in [0, 0.1) is 0 Å². The molecule has 2 aromatic carbocycles. The summed E-state index contributed by atoms with van der Waals surface area (Å²) in [7, 11) is 0. The molecule has 0 bridgehead atoms. The van der Waals surface area contributed by atoms with Gasteiger partial charge in [-0.1, -0.05) is 43.3 Å². The molecule has 0 spiro atoms. The number of aryl methyl sites for hydroxylation is 1. The van der Waals surface area contributed by atoms with Crippen molar-refractivity contribution in [3.05, 3.63) is 59.7 Å². The molecule has 0 fully saturated rings. The summed E-state index contributed by atoms with van der Waals surface area (Å²) in [5.41, 5.74) is 3.09. The fourth-order valence-corrected chi connectivity index (χ4v) is 2.43. The van der Waals surface area contributed by atoms with E-state index in [2.05, 4.69) is 17.6 Å². The molecule has 0 atom stereocenters. The Morgan fingerprint density at radius 1 is 1.00 bits per heavy atom. The van der Waals surface area contributed by atoms with Crippen LogP contribution in [0.25, 0.3) is 0 Å². The molecule has 0 aliphatic heterocycles. The fraction of sp³-hybridized carbons (Fsp3) is 0.316. The molecule has 0 aromatic heterocycles. The summed E-state index contributed by atoms with van der Waals surface area (Å²) >= 11 is 0. The summed E-state index contributed by atoms with van der Waals surface area (Å²) in [5.74, 6) is 0.883. The van der Waals surface area contributed by atoms with Crippen molar-refractivity contribution in [3.8, 4) is 5.75 Å². The molecule has 4 nitrogen and oxygen atoms in total. The average molecular weight is 312 g/mol. The molecule has 122 valence electrons. The van der Waals surface area contributed by atoms with Gasteiger partial charge in [-0.2, -0.15) is 0 Å². The van der Waals surface area contributed by atoms with E-state index in [1.807, 2.05) is 55.5 Å². The third kappa shape index (κ3) is 5.02. The second kappa shape index (κ2) is 8.83. The first-order valence-corrected chi connectivity index (χ1v) is 8.08. The molecule has 2 amide bonds. The van der Waals surface area contributed by atoms with Crippen molar-refractivity contribution in [2.24, 2.45) is 0 Å². The van der Waals surface area contributed by atoms with Crippen molar-refractivity contribution in [3.63, 3.8) is 0 Å². The molecule has 2 N–H and O–H groups in total. The molecule has 0 aliphatic rings. The molecular weight excluding hydrogens is 288 g/mol. The van der Waals surface area contributed by atoms with E-state index in [1.165, 1.54) is 0 Å². The van der Waals surface area contributed by atoms with E-state index in [0.29, 0.717) is 13.2 Å². The van der Waals surface area contributed by atoms with Crippen LogP contribution in [0.4, 0.5) is 10.5 Å². The van der Waals surface area contributed by atoms with Gasteiger partial charge in [0.2, 0.25) is 0 Å². The smallest absolute Gasteiger partial charge is 0.319 e. The highest BCUT2D eigenvalue weighted by molar-refractivity contribution is 5.90. The van der Waals surface area contributed by atoms with Gasteiger partial charge in [-0.15, -0.1) is 0 Å². The Labute approximate surface area is 137 Å². The minimum atomic E-state index is -0.181. The highest BCUT2D eigenvalue weighted by Crippen LogP contribution is 2.18. The predicted octanol–water partition coefficient (Wildman–Crippen LogP) is 4.01. The van der Waals surface area contributed by atoms with Gasteiger partial charge in [0.25, 0.3) is 0 Å². The largest absolute Gasteiger partial charge is 0.494 e. The Morgan fingerprint density at radius 3 is 2.43 bits per heavy atom. The maximum atomic E-state index is 12.0. The first-order chi connectivity index (χ1) is 11.2. The molecule has 0 heterocycles. The predicted molar refractivity (Wildman–Crippen MR) is 94.2 cm³/mol. The summed E-state index contributed by atoms with van der Waals surface area (Å²) in [6.45, 7) is 5.24. The number of para-hydroxylation sites is 2. The molecule has 2 aromatic rings. The van der Waals surface area contributed by atoms with E-state index in [9.17, 15) is 4.79 Å². The summed E-state index contributed by atoms with van der Waals surface area (Å²) in [6, 6.07) is 15.6. The average Bonchev–Trinajstić information content (AvgIpc) is 2.57. The molecular formula is C19H24N2O2. The maximum Gasteiger partial charge on any atom is 0.319 e. The van der Waals surface area contributed by atoms with Crippen LogP contribution in [0.15, 0.2) is 48.5 Å². The number of anilines is 1. The van der Waals surface area contributed by atoms with E-state index >= 15 is 0 Å². The first-order valence-electron chi connectivity index (χ1n) is 8.08. The minimum absolute atomic E-state index is 0.181. The zero-order chi connectivity index (χ0) is 16.5. The lowest BCUT2D eigenvalue weighted by molar-refractivity contribution is 0.252. The SMILES string of the molecule is CCOc1ccccc1CCNC(=O)Nc1ccccc1CC. The highest BCUT2D eigenvalue weighted by Gasteiger charge is 2.06. The zero-order valence-electron chi connectivity index (χ0n) is 13.8. The molecule has 0 unspecified atom stereocenters.